The molecule has 1 N–H and O–H groups in total. The number of nitrogens with one attached hydrogen (secondary N) is 1. The van der Waals surface area contributed by atoms with E-state index in [9.17, 15) is 13.2 Å². The van der Waals surface area contributed by atoms with Gasteiger partial charge in [-0.3, -0.25) is 4.79 Å². The number of benzene rings is 3. The monoisotopic (exact) mass is 528 g/mol. The standard InChI is InChI=1S/C28H33ClN2O4S/c1-6-35-27-13-12-24(16-26(27)29)36(33,34)31(17-23-10-8-7-9-11-23)18-28(32)30-22(5)25-15-20(3)19(2)14-21(25)4/h7-16,22H,6,17-18H2,1-5H3,(H,30,32). The summed E-state index contributed by atoms with van der Waals surface area (Å²) in [5, 5.41) is 3.16. The molecule has 3 aromatic carbocycles. The summed E-state index contributed by atoms with van der Waals surface area (Å²) in [4.78, 5) is 13.1. The van der Waals surface area contributed by atoms with Crippen LogP contribution in [0.25, 0.3) is 0 Å². The molecule has 0 saturated heterocycles. The molecule has 0 fully saturated rings. The lowest BCUT2D eigenvalue weighted by atomic mass is 9.96. The Morgan fingerprint density at radius 1 is 1.00 bits per heavy atom. The first-order valence-electron chi connectivity index (χ1n) is 11.9. The molecule has 8 heteroatoms. The Morgan fingerprint density at radius 2 is 1.67 bits per heavy atom. The number of ether oxygens (including phenoxy) is 1. The first-order chi connectivity index (χ1) is 17.0. The largest absolute Gasteiger partial charge is 0.492 e. The molecule has 0 aliphatic heterocycles. The van der Waals surface area contributed by atoms with Crippen LogP contribution in [0, 0.1) is 20.8 Å². The molecule has 0 radical (unpaired) electrons. The number of halogens is 1. The number of hydrogen-bond donors (Lipinski definition) is 1. The molecule has 0 spiro atoms. The number of rotatable bonds is 10. The fourth-order valence-corrected chi connectivity index (χ4v) is 5.76. The quantitative estimate of drug-likeness (QED) is 0.364. The van der Waals surface area contributed by atoms with Crippen LogP contribution >= 0.6 is 11.6 Å². The van der Waals surface area contributed by atoms with Crippen LogP contribution in [-0.4, -0.2) is 31.8 Å². The highest BCUT2D eigenvalue weighted by atomic mass is 35.5. The number of carbonyl (C=O) groups is 1. The van der Waals surface area contributed by atoms with E-state index >= 15 is 0 Å². The highest BCUT2D eigenvalue weighted by Gasteiger charge is 2.28. The summed E-state index contributed by atoms with van der Waals surface area (Å²) in [6.45, 7) is 9.92. The van der Waals surface area contributed by atoms with Crippen LogP contribution in [0.2, 0.25) is 5.02 Å². The number of aryl methyl sites for hydroxylation is 3. The Kier molecular flexibility index (Phi) is 9.17. The molecule has 3 rings (SSSR count). The zero-order valence-electron chi connectivity index (χ0n) is 21.3. The van der Waals surface area contributed by atoms with Crippen molar-refractivity contribution in [1.82, 2.24) is 9.62 Å². The Hall–Kier alpha value is -2.87. The molecule has 3 aromatic rings. The number of amides is 1. The molecule has 36 heavy (non-hydrogen) atoms. The molecule has 0 aromatic heterocycles. The van der Waals surface area contributed by atoms with E-state index in [4.69, 9.17) is 16.3 Å². The summed E-state index contributed by atoms with van der Waals surface area (Å²) in [6.07, 6.45) is 0. The van der Waals surface area contributed by atoms with Gasteiger partial charge in [-0.15, -0.1) is 0 Å². The van der Waals surface area contributed by atoms with Crippen molar-refractivity contribution in [2.75, 3.05) is 13.2 Å². The predicted octanol–water partition coefficient (Wildman–Crippen LogP) is 5.73. The average Bonchev–Trinajstić information content (AvgIpc) is 2.82. The number of carbonyl (C=O) groups excluding carboxylic acids is 1. The first-order valence-corrected chi connectivity index (χ1v) is 13.7. The summed E-state index contributed by atoms with van der Waals surface area (Å²) in [6, 6.07) is 17.4. The minimum absolute atomic E-state index is 0.00210. The van der Waals surface area contributed by atoms with E-state index in [0.717, 1.165) is 22.3 Å². The minimum atomic E-state index is -4.04. The summed E-state index contributed by atoms with van der Waals surface area (Å²) < 4.78 is 33.9. The van der Waals surface area contributed by atoms with E-state index in [1.165, 1.54) is 28.1 Å². The van der Waals surface area contributed by atoms with Crippen molar-refractivity contribution in [1.29, 1.82) is 0 Å². The zero-order chi connectivity index (χ0) is 26.5. The van der Waals surface area contributed by atoms with Crippen LogP contribution in [0.1, 0.15) is 47.7 Å². The van der Waals surface area contributed by atoms with Crippen molar-refractivity contribution >= 4 is 27.5 Å². The third-order valence-corrected chi connectivity index (χ3v) is 8.17. The first kappa shape index (κ1) is 27.7. The Balaban J connectivity index is 1.87. The van der Waals surface area contributed by atoms with Crippen molar-refractivity contribution in [3.05, 3.63) is 93.5 Å². The van der Waals surface area contributed by atoms with Crippen molar-refractivity contribution in [3.8, 4) is 5.75 Å². The van der Waals surface area contributed by atoms with Crippen molar-refractivity contribution in [2.24, 2.45) is 0 Å². The number of nitrogens with zero attached hydrogens (tertiary/aromatic N) is 1. The second-order valence-corrected chi connectivity index (χ2v) is 11.2. The van der Waals surface area contributed by atoms with Gasteiger partial charge in [0, 0.05) is 6.54 Å². The molecule has 6 nitrogen and oxygen atoms in total. The number of hydrogen-bond acceptors (Lipinski definition) is 4. The second kappa shape index (κ2) is 11.9. The fourth-order valence-electron chi connectivity index (χ4n) is 4.05. The van der Waals surface area contributed by atoms with E-state index in [1.54, 1.807) is 0 Å². The van der Waals surface area contributed by atoms with E-state index < -0.39 is 15.9 Å². The lowest BCUT2D eigenvalue weighted by Crippen LogP contribution is -2.41. The highest BCUT2D eigenvalue weighted by Crippen LogP contribution is 2.29. The van der Waals surface area contributed by atoms with Gasteiger partial charge in [-0.2, -0.15) is 4.31 Å². The fraction of sp³-hybridized carbons (Fsp3) is 0.321. The lowest BCUT2D eigenvalue weighted by molar-refractivity contribution is -0.122. The van der Waals surface area contributed by atoms with Gasteiger partial charge in [-0.1, -0.05) is 54.1 Å². The molecular weight excluding hydrogens is 496 g/mol. The van der Waals surface area contributed by atoms with Crippen LogP contribution < -0.4 is 10.1 Å². The third-order valence-electron chi connectivity index (χ3n) is 6.09. The molecule has 192 valence electrons. The Bertz CT molecular complexity index is 1330. The van der Waals surface area contributed by atoms with Gasteiger partial charge in [-0.05, 0) is 80.6 Å². The van der Waals surface area contributed by atoms with Crippen molar-refractivity contribution in [3.63, 3.8) is 0 Å². The molecule has 0 bridgehead atoms. The van der Waals surface area contributed by atoms with E-state index in [2.05, 4.69) is 24.4 Å². The summed E-state index contributed by atoms with van der Waals surface area (Å²) >= 11 is 6.27. The molecular formula is C28H33ClN2O4S. The lowest BCUT2D eigenvalue weighted by Gasteiger charge is -2.24. The van der Waals surface area contributed by atoms with E-state index in [-0.39, 0.29) is 29.0 Å². The minimum Gasteiger partial charge on any atom is -0.492 e. The molecule has 0 heterocycles. The van der Waals surface area contributed by atoms with Gasteiger partial charge in [0.1, 0.15) is 5.75 Å². The van der Waals surface area contributed by atoms with Crippen LogP contribution in [0.15, 0.2) is 65.6 Å². The predicted molar refractivity (Wildman–Crippen MR) is 144 cm³/mol. The molecule has 0 saturated carbocycles. The smallest absolute Gasteiger partial charge is 0.243 e. The van der Waals surface area contributed by atoms with Gasteiger partial charge in [0.05, 0.1) is 29.1 Å². The van der Waals surface area contributed by atoms with E-state index in [1.807, 2.05) is 58.0 Å². The molecule has 0 aliphatic rings. The maximum absolute atomic E-state index is 13.6. The topological polar surface area (TPSA) is 75.7 Å². The zero-order valence-corrected chi connectivity index (χ0v) is 22.9. The van der Waals surface area contributed by atoms with Crippen LogP contribution in [0.3, 0.4) is 0 Å². The van der Waals surface area contributed by atoms with Crippen LogP contribution in [0.5, 0.6) is 5.75 Å². The summed E-state index contributed by atoms with van der Waals surface area (Å²) in [7, 11) is -4.04. The summed E-state index contributed by atoms with van der Waals surface area (Å²) in [5.74, 6) is 0.0136. The van der Waals surface area contributed by atoms with E-state index in [0.29, 0.717) is 12.4 Å². The summed E-state index contributed by atoms with van der Waals surface area (Å²) in [5.41, 5.74) is 5.16. The maximum Gasteiger partial charge on any atom is 0.243 e. The Morgan fingerprint density at radius 3 is 2.31 bits per heavy atom. The second-order valence-electron chi connectivity index (χ2n) is 8.87. The third kappa shape index (κ3) is 6.66. The van der Waals surface area contributed by atoms with Gasteiger partial charge in [0.15, 0.2) is 0 Å². The molecule has 0 aliphatic carbocycles. The number of sulfonamides is 1. The van der Waals surface area contributed by atoms with Gasteiger partial charge < -0.3 is 10.1 Å². The van der Waals surface area contributed by atoms with Crippen molar-refractivity contribution < 1.29 is 17.9 Å². The Labute approximate surface area is 219 Å². The average molecular weight is 529 g/mol. The maximum atomic E-state index is 13.6. The van der Waals surface area contributed by atoms with Gasteiger partial charge >= 0.3 is 0 Å². The van der Waals surface area contributed by atoms with Crippen LogP contribution in [-0.2, 0) is 21.4 Å². The normalized spacial score (nSPS) is 12.4. The van der Waals surface area contributed by atoms with Crippen molar-refractivity contribution in [2.45, 2.75) is 52.1 Å². The molecule has 1 unspecified atom stereocenters. The molecule has 1 amide bonds. The SMILES string of the molecule is CCOc1ccc(S(=O)(=O)N(CC(=O)NC(C)c2cc(C)c(C)cc2C)Cc2ccccc2)cc1Cl. The van der Waals surface area contributed by atoms with Gasteiger partial charge in [0.2, 0.25) is 15.9 Å². The van der Waals surface area contributed by atoms with Gasteiger partial charge in [0.25, 0.3) is 0 Å². The van der Waals surface area contributed by atoms with Crippen LogP contribution in [0.4, 0.5) is 0 Å². The highest BCUT2D eigenvalue weighted by molar-refractivity contribution is 7.89. The molecule has 1 atom stereocenters. The van der Waals surface area contributed by atoms with Gasteiger partial charge in [-0.25, -0.2) is 8.42 Å².